The van der Waals surface area contributed by atoms with Crippen LogP contribution in [0.5, 0.6) is 0 Å². The molecular weight excluding hydrogens is 284 g/mol. The first-order valence-corrected chi connectivity index (χ1v) is 7.03. The molecule has 0 aliphatic carbocycles. The molecule has 0 aliphatic rings. The van der Waals surface area contributed by atoms with Gasteiger partial charge in [0.25, 0.3) is 5.91 Å². The molecule has 1 aromatic rings. The molecule has 1 aromatic carbocycles. The van der Waals surface area contributed by atoms with E-state index in [-0.39, 0.29) is 12.5 Å². The molecule has 6 N–H and O–H groups in total. The van der Waals surface area contributed by atoms with Gasteiger partial charge in [-0.05, 0) is 31.5 Å². The summed E-state index contributed by atoms with van der Waals surface area (Å²) in [4.78, 5) is 34.6. The van der Waals surface area contributed by atoms with E-state index in [2.05, 4.69) is 10.6 Å². The number of anilines is 1. The molecule has 7 nitrogen and oxygen atoms in total. The lowest BCUT2D eigenvalue weighted by atomic mass is 9.96. The van der Waals surface area contributed by atoms with Gasteiger partial charge in [-0.3, -0.25) is 14.4 Å². The highest BCUT2D eigenvalue weighted by Crippen LogP contribution is 2.15. The first-order valence-electron chi connectivity index (χ1n) is 7.03. The third-order valence-electron chi connectivity index (χ3n) is 3.09. The summed E-state index contributed by atoms with van der Waals surface area (Å²) in [7, 11) is 0. The van der Waals surface area contributed by atoms with Gasteiger partial charge in [0.1, 0.15) is 0 Å². The standard InChI is InChI=1S/C15H22N4O3/c1-3-7-15(2,17)14(22)19-11-6-4-5-10(8-11)13(21)18-9-12(16)20/h4-6,8H,3,7,9,17H2,1-2H3,(H2,16,20)(H,18,21)(H,19,22). The van der Waals surface area contributed by atoms with Crippen LogP contribution in [-0.2, 0) is 9.59 Å². The van der Waals surface area contributed by atoms with Crippen LogP contribution in [0.3, 0.4) is 0 Å². The van der Waals surface area contributed by atoms with Crippen LogP contribution in [0.25, 0.3) is 0 Å². The van der Waals surface area contributed by atoms with E-state index in [9.17, 15) is 14.4 Å². The van der Waals surface area contributed by atoms with Crippen molar-refractivity contribution < 1.29 is 14.4 Å². The van der Waals surface area contributed by atoms with Crippen molar-refractivity contribution in [3.8, 4) is 0 Å². The first-order chi connectivity index (χ1) is 10.3. The van der Waals surface area contributed by atoms with Gasteiger partial charge in [-0.2, -0.15) is 0 Å². The number of nitrogens with one attached hydrogen (secondary N) is 2. The number of carbonyl (C=O) groups excluding carboxylic acids is 3. The molecule has 0 saturated heterocycles. The minimum absolute atomic E-state index is 0.243. The Kier molecular flexibility index (Phi) is 6.06. The van der Waals surface area contributed by atoms with E-state index in [0.717, 1.165) is 6.42 Å². The van der Waals surface area contributed by atoms with Gasteiger partial charge in [0.05, 0.1) is 12.1 Å². The van der Waals surface area contributed by atoms with E-state index in [0.29, 0.717) is 17.7 Å². The Labute approximate surface area is 129 Å². The van der Waals surface area contributed by atoms with Crippen LogP contribution in [0.2, 0.25) is 0 Å². The highest BCUT2D eigenvalue weighted by atomic mass is 16.2. The van der Waals surface area contributed by atoms with Crippen molar-refractivity contribution in [3.63, 3.8) is 0 Å². The Morgan fingerprint density at radius 1 is 1.27 bits per heavy atom. The molecule has 0 spiro atoms. The van der Waals surface area contributed by atoms with Crippen molar-refractivity contribution in [2.75, 3.05) is 11.9 Å². The van der Waals surface area contributed by atoms with Crippen molar-refractivity contribution in [3.05, 3.63) is 29.8 Å². The second-order valence-corrected chi connectivity index (χ2v) is 5.35. The normalized spacial score (nSPS) is 13.0. The second-order valence-electron chi connectivity index (χ2n) is 5.35. The Morgan fingerprint density at radius 2 is 1.95 bits per heavy atom. The monoisotopic (exact) mass is 306 g/mol. The quantitative estimate of drug-likeness (QED) is 0.580. The van der Waals surface area contributed by atoms with Gasteiger partial charge >= 0.3 is 0 Å². The second kappa shape index (κ2) is 7.56. The van der Waals surface area contributed by atoms with Crippen LogP contribution in [0.1, 0.15) is 37.0 Å². The number of hydrogen-bond acceptors (Lipinski definition) is 4. The largest absolute Gasteiger partial charge is 0.368 e. The van der Waals surface area contributed by atoms with Gasteiger partial charge in [0, 0.05) is 11.3 Å². The van der Waals surface area contributed by atoms with Crippen molar-refractivity contribution in [2.24, 2.45) is 11.5 Å². The smallest absolute Gasteiger partial charge is 0.251 e. The summed E-state index contributed by atoms with van der Waals surface area (Å²) < 4.78 is 0. The van der Waals surface area contributed by atoms with Crippen LogP contribution >= 0.6 is 0 Å². The van der Waals surface area contributed by atoms with E-state index in [1.807, 2.05) is 6.92 Å². The maximum absolute atomic E-state index is 12.1. The number of amides is 3. The van der Waals surface area contributed by atoms with E-state index in [4.69, 9.17) is 11.5 Å². The predicted molar refractivity (Wildman–Crippen MR) is 84.1 cm³/mol. The molecule has 0 heterocycles. The molecule has 3 amide bonds. The maximum atomic E-state index is 12.1. The van der Waals surface area contributed by atoms with Gasteiger partial charge in [-0.1, -0.05) is 19.4 Å². The SMILES string of the molecule is CCCC(C)(N)C(=O)Nc1cccc(C(=O)NCC(N)=O)c1. The summed E-state index contributed by atoms with van der Waals surface area (Å²) in [6.07, 6.45) is 1.34. The molecule has 7 heteroatoms. The third-order valence-corrected chi connectivity index (χ3v) is 3.09. The zero-order valence-corrected chi connectivity index (χ0v) is 12.8. The summed E-state index contributed by atoms with van der Waals surface area (Å²) >= 11 is 0. The Hall–Kier alpha value is -2.41. The van der Waals surface area contributed by atoms with Crippen molar-refractivity contribution in [1.82, 2.24) is 5.32 Å². The van der Waals surface area contributed by atoms with Crippen molar-refractivity contribution >= 4 is 23.4 Å². The molecule has 120 valence electrons. The topological polar surface area (TPSA) is 127 Å². The van der Waals surface area contributed by atoms with Gasteiger partial charge in [-0.25, -0.2) is 0 Å². The molecular formula is C15H22N4O3. The summed E-state index contributed by atoms with van der Waals surface area (Å²) in [5.74, 6) is -1.39. The van der Waals surface area contributed by atoms with Crippen molar-refractivity contribution in [2.45, 2.75) is 32.2 Å². The molecule has 0 bridgehead atoms. The van der Waals surface area contributed by atoms with Gasteiger partial charge in [0.2, 0.25) is 11.8 Å². The lowest BCUT2D eigenvalue weighted by molar-refractivity contribution is -0.121. The molecule has 0 aromatic heterocycles. The van der Waals surface area contributed by atoms with E-state index < -0.39 is 17.4 Å². The van der Waals surface area contributed by atoms with E-state index >= 15 is 0 Å². The number of rotatable bonds is 7. The minimum atomic E-state index is -0.973. The lowest BCUT2D eigenvalue weighted by Gasteiger charge is -2.22. The Morgan fingerprint density at radius 3 is 2.55 bits per heavy atom. The molecule has 1 rings (SSSR count). The number of benzene rings is 1. The molecule has 0 fully saturated rings. The minimum Gasteiger partial charge on any atom is -0.368 e. The average molecular weight is 306 g/mol. The number of hydrogen-bond donors (Lipinski definition) is 4. The molecule has 0 aliphatic heterocycles. The van der Waals surface area contributed by atoms with Gasteiger partial charge < -0.3 is 22.1 Å². The summed E-state index contributed by atoms with van der Waals surface area (Å²) in [5.41, 5.74) is 10.7. The molecule has 0 saturated carbocycles. The van der Waals surface area contributed by atoms with Crippen LogP contribution in [0.15, 0.2) is 24.3 Å². The van der Waals surface area contributed by atoms with Gasteiger partial charge in [0.15, 0.2) is 0 Å². The number of primary amides is 1. The Bertz CT molecular complexity index is 570. The molecule has 1 unspecified atom stereocenters. The van der Waals surface area contributed by atoms with Crippen LogP contribution in [0.4, 0.5) is 5.69 Å². The molecule has 1 atom stereocenters. The van der Waals surface area contributed by atoms with Crippen LogP contribution in [-0.4, -0.2) is 29.8 Å². The lowest BCUT2D eigenvalue weighted by Crippen LogP contribution is -2.48. The fourth-order valence-electron chi connectivity index (χ4n) is 1.91. The van der Waals surface area contributed by atoms with Gasteiger partial charge in [-0.15, -0.1) is 0 Å². The summed E-state index contributed by atoms with van der Waals surface area (Å²) in [6, 6.07) is 6.36. The highest BCUT2D eigenvalue weighted by molar-refractivity contribution is 6.00. The zero-order valence-electron chi connectivity index (χ0n) is 12.8. The third kappa shape index (κ3) is 5.17. The highest BCUT2D eigenvalue weighted by Gasteiger charge is 2.27. The Balaban J connectivity index is 2.78. The zero-order chi connectivity index (χ0) is 16.8. The van der Waals surface area contributed by atoms with Crippen LogP contribution < -0.4 is 22.1 Å². The van der Waals surface area contributed by atoms with Crippen LogP contribution in [0, 0.1) is 0 Å². The predicted octanol–water partition coefficient (Wildman–Crippen LogP) is 0.358. The first kappa shape index (κ1) is 17.6. The van der Waals surface area contributed by atoms with Crippen molar-refractivity contribution in [1.29, 1.82) is 0 Å². The summed E-state index contributed by atoms with van der Waals surface area (Å²) in [5, 5.41) is 5.07. The number of carbonyl (C=O) groups is 3. The fourth-order valence-corrected chi connectivity index (χ4v) is 1.91. The molecule has 0 radical (unpaired) electrons. The maximum Gasteiger partial charge on any atom is 0.251 e. The van der Waals surface area contributed by atoms with E-state index in [1.165, 1.54) is 6.07 Å². The molecule has 22 heavy (non-hydrogen) atoms. The van der Waals surface area contributed by atoms with E-state index in [1.54, 1.807) is 25.1 Å². The average Bonchev–Trinajstić information content (AvgIpc) is 2.44. The summed E-state index contributed by atoms with van der Waals surface area (Å²) in [6.45, 7) is 3.37. The fraction of sp³-hybridized carbons (Fsp3) is 0.400. The number of nitrogens with two attached hydrogens (primary N) is 2.